The van der Waals surface area contributed by atoms with Crippen molar-refractivity contribution in [1.82, 2.24) is 5.32 Å². The summed E-state index contributed by atoms with van der Waals surface area (Å²) in [5, 5.41) is 3.56. The Morgan fingerprint density at radius 2 is 1.39 bits per heavy atom. The van der Waals surface area contributed by atoms with E-state index in [2.05, 4.69) is 5.32 Å². The zero-order valence-electron chi connectivity index (χ0n) is 11.4. The molecule has 18 heavy (non-hydrogen) atoms. The summed E-state index contributed by atoms with van der Waals surface area (Å²) in [5.41, 5.74) is 6.13. The normalized spacial score (nSPS) is 43.2. The van der Waals surface area contributed by atoms with E-state index >= 15 is 0 Å². The molecule has 2 nitrogen and oxygen atoms in total. The van der Waals surface area contributed by atoms with Gasteiger partial charge in [-0.15, -0.1) is 11.8 Å². The third-order valence-electron chi connectivity index (χ3n) is 5.54. The van der Waals surface area contributed by atoms with Gasteiger partial charge in [0.2, 0.25) is 0 Å². The van der Waals surface area contributed by atoms with E-state index in [-0.39, 0.29) is 5.50 Å². The minimum Gasteiger partial charge on any atom is -0.307 e. The monoisotopic (exact) mass is 268 g/mol. The number of nitrogens with one attached hydrogen (secondary N) is 1. The molecule has 3 N–H and O–H groups in total. The van der Waals surface area contributed by atoms with Crippen LogP contribution in [0.4, 0.5) is 0 Å². The van der Waals surface area contributed by atoms with Crippen LogP contribution in [-0.4, -0.2) is 17.3 Å². The van der Waals surface area contributed by atoms with E-state index in [0.717, 1.165) is 17.8 Å². The second kappa shape index (κ2) is 6.15. The Bertz CT molecular complexity index is 244. The molecule has 0 bridgehead atoms. The maximum atomic E-state index is 5.93. The van der Waals surface area contributed by atoms with Gasteiger partial charge in [0.05, 0.1) is 0 Å². The molecule has 2 unspecified atom stereocenters. The first-order valence-corrected chi connectivity index (χ1v) is 9.01. The molecule has 0 aromatic rings. The summed E-state index contributed by atoms with van der Waals surface area (Å²) >= 11 is 1.89. The van der Waals surface area contributed by atoms with Gasteiger partial charge in [-0.1, -0.05) is 32.1 Å². The van der Waals surface area contributed by atoms with Crippen molar-refractivity contribution in [1.29, 1.82) is 0 Å². The van der Waals surface area contributed by atoms with Crippen LogP contribution in [0.25, 0.3) is 0 Å². The average Bonchev–Trinajstić information content (AvgIpc) is 2.87. The molecule has 1 heterocycles. The molecule has 2 atom stereocenters. The lowest BCUT2D eigenvalue weighted by Crippen LogP contribution is -2.41. The van der Waals surface area contributed by atoms with Crippen molar-refractivity contribution in [2.75, 3.05) is 5.75 Å². The molecule has 3 aliphatic rings. The Labute approximate surface area is 116 Å². The first kappa shape index (κ1) is 13.3. The maximum absolute atomic E-state index is 5.93. The second-order valence-electron chi connectivity index (χ2n) is 6.60. The minimum atomic E-state index is 0.200. The Kier molecular flexibility index (Phi) is 4.53. The predicted octanol–water partition coefficient (Wildman–Crippen LogP) is 3.32. The summed E-state index contributed by atoms with van der Waals surface area (Å²) in [6, 6.07) is 0.706. The smallest absolute Gasteiger partial charge is 0.103 e. The van der Waals surface area contributed by atoms with Crippen LogP contribution in [-0.2, 0) is 0 Å². The molecule has 1 saturated heterocycles. The molecule has 104 valence electrons. The van der Waals surface area contributed by atoms with Gasteiger partial charge in [0, 0.05) is 11.8 Å². The van der Waals surface area contributed by atoms with Gasteiger partial charge in [-0.05, 0) is 43.4 Å². The number of thioether (sulfide) groups is 1. The zero-order chi connectivity index (χ0) is 12.4. The highest BCUT2D eigenvalue weighted by Gasteiger charge is 2.34. The van der Waals surface area contributed by atoms with Gasteiger partial charge in [0.1, 0.15) is 5.50 Å². The number of nitrogens with two attached hydrogens (primary N) is 1. The molecule has 0 aromatic carbocycles. The van der Waals surface area contributed by atoms with Crippen LogP contribution in [0.3, 0.4) is 0 Å². The fourth-order valence-electron chi connectivity index (χ4n) is 4.41. The molecule has 0 radical (unpaired) electrons. The highest BCUT2D eigenvalue weighted by Crippen LogP contribution is 2.41. The Morgan fingerprint density at radius 3 is 2.00 bits per heavy atom. The van der Waals surface area contributed by atoms with E-state index in [0.29, 0.717) is 6.04 Å². The predicted molar refractivity (Wildman–Crippen MR) is 79.4 cm³/mol. The van der Waals surface area contributed by atoms with E-state index in [1.165, 1.54) is 63.5 Å². The molecular formula is C15H28N2S. The van der Waals surface area contributed by atoms with Crippen molar-refractivity contribution in [3.05, 3.63) is 0 Å². The summed E-state index contributed by atoms with van der Waals surface area (Å²) < 4.78 is 0. The molecular weight excluding hydrogens is 240 g/mol. The summed E-state index contributed by atoms with van der Waals surface area (Å²) in [4.78, 5) is 0. The van der Waals surface area contributed by atoms with Gasteiger partial charge < -0.3 is 5.73 Å². The standard InChI is InChI=1S/C15H28N2S/c16-15-17-14(10-18-15)13-8-6-12(7-9-13)11-4-2-1-3-5-11/h11-15,17H,1-10,16H2. The Balaban J connectivity index is 1.45. The Hall–Kier alpha value is 0.270. The van der Waals surface area contributed by atoms with Crippen LogP contribution in [0.2, 0.25) is 0 Å². The van der Waals surface area contributed by atoms with Gasteiger partial charge in [-0.2, -0.15) is 0 Å². The third kappa shape index (κ3) is 3.05. The highest BCUT2D eigenvalue weighted by atomic mass is 32.2. The van der Waals surface area contributed by atoms with Gasteiger partial charge in [-0.25, -0.2) is 0 Å². The minimum absolute atomic E-state index is 0.200. The van der Waals surface area contributed by atoms with Crippen LogP contribution in [0.5, 0.6) is 0 Å². The van der Waals surface area contributed by atoms with Gasteiger partial charge in [0.25, 0.3) is 0 Å². The molecule has 3 rings (SSSR count). The van der Waals surface area contributed by atoms with E-state index in [1.807, 2.05) is 11.8 Å². The summed E-state index contributed by atoms with van der Waals surface area (Å²) in [5.74, 6) is 4.28. The van der Waals surface area contributed by atoms with Gasteiger partial charge >= 0.3 is 0 Å². The fraction of sp³-hybridized carbons (Fsp3) is 1.00. The van der Waals surface area contributed by atoms with Crippen LogP contribution < -0.4 is 11.1 Å². The van der Waals surface area contributed by atoms with E-state index in [9.17, 15) is 0 Å². The molecule has 3 heteroatoms. The molecule has 3 fully saturated rings. The topological polar surface area (TPSA) is 38.0 Å². The van der Waals surface area contributed by atoms with Crippen LogP contribution >= 0.6 is 11.8 Å². The molecule has 0 spiro atoms. The van der Waals surface area contributed by atoms with Crippen molar-refractivity contribution in [3.63, 3.8) is 0 Å². The van der Waals surface area contributed by atoms with E-state index in [1.54, 1.807) is 0 Å². The largest absolute Gasteiger partial charge is 0.307 e. The SMILES string of the molecule is NC1NC(C2CCC(C3CCCCC3)CC2)CS1. The van der Waals surface area contributed by atoms with E-state index < -0.39 is 0 Å². The van der Waals surface area contributed by atoms with Gasteiger partial charge in [0.15, 0.2) is 0 Å². The first-order valence-electron chi connectivity index (χ1n) is 7.96. The van der Waals surface area contributed by atoms with Crippen LogP contribution in [0, 0.1) is 17.8 Å². The number of rotatable bonds is 2. The summed E-state index contributed by atoms with van der Waals surface area (Å²) in [6.07, 6.45) is 13.4. The molecule has 1 aliphatic heterocycles. The maximum Gasteiger partial charge on any atom is 0.103 e. The molecule has 2 saturated carbocycles. The highest BCUT2D eigenvalue weighted by molar-refractivity contribution is 8.00. The summed E-state index contributed by atoms with van der Waals surface area (Å²) in [7, 11) is 0. The molecule has 2 aliphatic carbocycles. The fourth-order valence-corrected chi connectivity index (χ4v) is 5.47. The summed E-state index contributed by atoms with van der Waals surface area (Å²) in [6.45, 7) is 0. The van der Waals surface area contributed by atoms with Gasteiger partial charge in [-0.3, -0.25) is 5.32 Å². The quantitative estimate of drug-likeness (QED) is 0.807. The van der Waals surface area contributed by atoms with Crippen molar-refractivity contribution in [2.24, 2.45) is 23.5 Å². The molecule has 0 amide bonds. The van der Waals surface area contributed by atoms with Crippen molar-refractivity contribution >= 4 is 11.8 Å². The van der Waals surface area contributed by atoms with Crippen LogP contribution in [0.1, 0.15) is 57.8 Å². The molecule has 0 aromatic heterocycles. The zero-order valence-corrected chi connectivity index (χ0v) is 12.3. The Morgan fingerprint density at radius 1 is 0.778 bits per heavy atom. The van der Waals surface area contributed by atoms with Crippen molar-refractivity contribution < 1.29 is 0 Å². The lowest BCUT2D eigenvalue weighted by molar-refractivity contribution is 0.153. The first-order chi connectivity index (χ1) is 8.83. The van der Waals surface area contributed by atoms with Crippen molar-refractivity contribution in [3.8, 4) is 0 Å². The average molecular weight is 268 g/mol. The number of hydrogen-bond acceptors (Lipinski definition) is 3. The number of hydrogen-bond donors (Lipinski definition) is 2. The van der Waals surface area contributed by atoms with Crippen LogP contribution in [0.15, 0.2) is 0 Å². The van der Waals surface area contributed by atoms with E-state index in [4.69, 9.17) is 5.73 Å². The third-order valence-corrected chi connectivity index (χ3v) is 6.58. The second-order valence-corrected chi connectivity index (χ2v) is 7.77. The lowest BCUT2D eigenvalue weighted by Gasteiger charge is -2.37. The lowest BCUT2D eigenvalue weighted by atomic mass is 9.70. The van der Waals surface area contributed by atoms with Crippen molar-refractivity contribution in [2.45, 2.75) is 69.3 Å².